The minimum atomic E-state index is -0.489. The van der Waals surface area contributed by atoms with Crippen molar-refractivity contribution >= 4 is 18.5 Å². The number of aliphatic hydroxyl groups is 1. The van der Waals surface area contributed by atoms with Crippen LogP contribution in [0.25, 0.3) is 0 Å². The summed E-state index contributed by atoms with van der Waals surface area (Å²) in [6.45, 7) is 5.05. The SMILES string of the molecule is CC(C)C(O)CCN(C)C(CP(c1ccccc1)c1ccccc1)c1ccccc1. The Bertz CT molecular complexity index is 814. The van der Waals surface area contributed by atoms with Crippen molar-refractivity contribution in [2.75, 3.05) is 19.8 Å². The number of hydrogen-bond donors (Lipinski definition) is 1. The predicted octanol–water partition coefficient (Wildman–Crippen LogP) is 5.20. The third kappa shape index (κ3) is 6.25. The molecule has 1 N–H and O–H groups in total. The fourth-order valence-electron chi connectivity index (χ4n) is 3.75. The van der Waals surface area contributed by atoms with Crippen molar-refractivity contribution in [1.82, 2.24) is 4.90 Å². The van der Waals surface area contributed by atoms with Crippen molar-refractivity contribution in [3.63, 3.8) is 0 Å². The average Bonchev–Trinajstić information content (AvgIpc) is 2.79. The van der Waals surface area contributed by atoms with Gasteiger partial charge < -0.3 is 5.11 Å². The normalized spacial score (nSPS) is 13.7. The molecule has 0 saturated carbocycles. The van der Waals surface area contributed by atoms with Gasteiger partial charge in [-0.3, -0.25) is 4.90 Å². The van der Waals surface area contributed by atoms with Gasteiger partial charge in [-0.25, -0.2) is 0 Å². The molecule has 0 fully saturated rings. The largest absolute Gasteiger partial charge is 0.393 e. The van der Waals surface area contributed by atoms with E-state index in [9.17, 15) is 5.11 Å². The third-order valence-electron chi connectivity index (χ3n) is 5.75. The second-order valence-corrected chi connectivity index (χ2v) is 10.5. The fourth-order valence-corrected chi connectivity index (χ4v) is 6.37. The Morgan fingerprint density at radius 2 is 1.23 bits per heavy atom. The zero-order valence-corrected chi connectivity index (χ0v) is 19.2. The number of hydrogen-bond acceptors (Lipinski definition) is 2. The standard InChI is InChI=1S/C27H34NOP/c1-22(2)27(29)19-20-28(3)26(23-13-7-4-8-14-23)21-30(24-15-9-5-10-16-24)25-17-11-6-12-18-25/h4-18,22,26-27,29H,19-21H2,1-3H3. The summed E-state index contributed by atoms with van der Waals surface area (Å²) in [6.07, 6.45) is 1.60. The van der Waals surface area contributed by atoms with E-state index in [0.29, 0.717) is 12.0 Å². The molecule has 3 rings (SSSR count). The number of rotatable bonds is 10. The van der Waals surface area contributed by atoms with E-state index < -0.39 is 7.92 Å². The van der Waals surface area contributed by atoms with Crippen LogP contribution in [-0.4, -0.2) is 35.9 Å². The molecule has 2 unspecified atom stereocenters. The van der Waals surface area contributed by atoms with E-state index in [1.807, 2.05) is 0 Å². The molecule has 0 aromatic heterocycles. The van der Waals surface area contributed by atoms with Crippen molar-refractivity contribution in [3.8, 4) is 0 Å². The molecule has 3 heteroatoms. The van der Waals surface area contributed by atoms with Crippen LogP contribution < -0.4 is 10.6 Å². The lowest BCUT2D eigenvalue weighted by Gasteiger charge is -2.33. The van der Waals surface area contributed by atoms with E-state index in [2.05, 4.69) is 117 Å². The Balaban J connectivity index is 1.89. The van der Waals surface area contributed by atoms with E-state index in [0.717, 1.165) is 19.1 Å². The maximum Gasteiger partial charge on any atom is 0.0575 e. The van der Waals surface area contributed by atoms with Crippen LogP contribution in [0.3, 0.4) is 0 Å². The van der Waals surface area contributed by atoms with Crippen molar-refractivity contribution in [1.29, 1.82) is 0 Å². The van der Waals surface area contributed by atoms with Gasteiger partial charge in [0.05, 0.1) is 6.10 Å². The average molecular weight is 420 g/mol. The molecule has 3 aromatic carbocycles. The summed E-state index contributed by atoms with van der Waals surface area (Å²) in [6, 6.07) is 33.0. The van der Waals surface area contributed by atoms with Crippen LogP contribution in [0.15, 0.2) is 91.0 Å². The molecule has 0 radical (unpaired) electrons. The molecule has 0 bridgehead atoms. The first-order chi connectivity index (χ1) is 14.6. The first-order valence-electron chi connectivity index (χ1n) is 10.9. The number of benzene rings is 3. The maximum atomic E-state index is 10.3. The molecule has 0 aliphatic heterocycles. The van der Waals surface area contributed by atoms with Gasteiger partial charge in [0.15, 0.2) is 0 Å². The number of nitrogens with zero attached hydrogens (tertiary/aromatic N) is 1. The van der Waals surface area contributed by atoms with Crippen LogP contribution in [0.1, 0.15) is 31.9 Å². The van der Waals surface area contributed by atoms with E-state index >= 15 is 0 Å². The summed E-state index contributed by atoms with van der Waals surface area (Å²) >= 11 is 0. The summed E-state index contributed by atoms with van der Waals surface area (Å²) in [4.78, 5) is 2.43. The summed E-state index contributed by atoms with van der Waals surface area (Å²) in [5.74, 6) is 0.291. The van der Waals surface area contributed by atoms with Gasteiger partial charge in [-0.1, -0.05) is 105 Å². The quantitative estimate of drug-likeness (QED) is 0.457. The van der Waals surface area contributed by atoms with E-state index in [1.54, 1.807) is 0 Å². The predicted molar refractivity (Wildman–Crippen MR) is 131 cm³/mol. The molecule has 0 aliphatic carbocycles. The second kappa shape index (κ2) is 11.4. The van der Waals surface area contributed by atoms with Crippen molar-refractivity contribution in [2.45, 2.75) is 32.4 Å². The highest BCUT2D eigenvalue weighted by molar-refractivity contribution is 7.73. The van der Waals surface area contributed by atoms with E-state index in [4.69, 9.17) is 0 Å². The Morgan fingerprint density at radius 1 is 0.767 bits per heavy atom. The van der Waals surface area contributed by atoms with Gasteiger partial charge in [0.2, 0.25) is 0 Å². The summed E-state index contributed by atoms with van der Waals surface area (Å²) < 4.78 is 0. The molecule has 0 heterocycles. The number of aliphatic hydroxyl groups excluding tert-OH is 1. The van der Waals surface area contributed by atoms with Gasteiger partial charge in [-0.2, -0.15) is 0 Å². The fraction of sp³-hybridized carbons (Fsp3) is 0.333. The molecule has 2 nitrogen and oxygen atoms in total. The molecule has 3 aromatic rings. The van der Waals surface area contributed by atoms with Crippen molar-refractivity contribution < 1.29 is 5.11 Å². The summed E-state index contributed by atoms with van der Waals surface area (Å²) in [5.41, 5.74) is 1.35. The first kappa shape index (κ1) is 22.7. The summed E-state index contributed by atoms with van der Waals surface area (Å²) in [5, 5.41) is 13.2. The van der Waals surface area contributed by atoms with Crippen molar-refractivity contribution in [3.05, 3.63) is 96.6 Å². The minimum Gasteiger partial charge on any atom is -0.393 e. The van der Waals surface area contributed by atoms with Gasteiger partial charge in [-0.05, 0) is 49.6 Å². The molecule has 0 spiro atoms. The minimum absolute atomic E-state index is 0.256. The molecule has 158 valence electrons. The van der Waals surface area contributed by atoms with Gasteiger partial charge in [-0.15, -0.1) is 0 Å². The van der Waals surface area contributed by atoms with Crippen LogP contribution in [0.4, 0.5) is 0 Å². The lowest BCUT2D eigenvalue weighted by Crippen LogP contribution is -2.32. The Morgan fingerprint density at radius 3 is 1.70 bits per heavy atom. The second-order valence-electron chi connectivity index (χ2n) is 8.29. The van der Waals surface area contributed by atoms with Gasteiger partial charge in [0, 0.05) is 12.6 Å². The molecular formula is C27H34NOP. The van der Waals surface area contributed by atoms with Crippen LogP contribution >= 0.6 is 7.92 Å². The van der Waals surface area contributed by atoms with Gasteiger partial charge >= 0.3 is 0 Å². The van der Waals surface area contributed by atoms with Crippen LogP contribution in [-0.2, 0) is 0 Å². The lowest BCUT2D eigenvalue weighted by atomic mass is 10.0. The maximum absolute atomic E-state index is 10.3. The Labute approximate surface area is 183 Å². The van der Waals surface area contributed by atoms with Crippen LogP contribution in [0, 0.1) is 5.92 Å². The Kier molecular flexibility index (Phi) is 8.63. The molecule has 0 aliphatic rings. The highest BCUT2D eigenvalue weighted by Crippen LogP contribution is 2.40. The molecule has 2 atom stereocenters. The van der Waals surface area contributed by atoms with Gasteiger partial charge in [0.25, 0.3) is 0 Å². The van der Waals surface area contributed by atoms with Crippen molar-refractivity contribution in [2.24, 2.45) is 5.92 Å². The molecule has 0 amide bonds. The molecule has 0 saturated heterocycles. The van der Waals surface area contributed by atoms with Crippen LogP contribution in [0.5, 0.6) is 0 Å². The smallest absolute Gasteiger partial charge is 0.0575 e. The highest BCUT2D eigenvalue weighted by atomic mass is 31.1. The third-order valence-corrected chi connectivity index (χ3v) is 8.31. The lowest BCUT2D eigenvalue weighted by molar-refractivity contribution is 0.0982. The van der Waals surface area contributed by atoms with E-state index in [1.165, 1.54) is 16.2 Å². The Hall–Kier alpha value is -1.99. The molecular weight excluding hydrogens is 385 g/mol. The summed E-state index contributed by atoms with van der Waals surface area (Å²) in [7, 11) is 1.71. The monoisotopic (exact) mass is 419 g/mol. The molecule has 30 heavy (non-hydrogen) atoms. The highest BCUT2D eigenvalue weighted by Gasteiger charge is 2.24. The first-order valence-corrected chi connectivity index (χ1v) is 12.4. The van der Waals surface area contributed by atoms with E-state index in [-0.39, 0.29) is 6.10 Å². The van der Waals surface area contributed by atoms with Gasteiger partial charge in [0.1, 0.15) is 0 Å². The zero-order valence-electron chi connectivity index (χ0n) is 18.4. The van der Waals surface area contributed by atoms with Crippen LogP contribution in [0.2, 0.25) is 0 Å². The zero-order chi connectivity index (χ0) is 21.3. The topological polar surface area (TPSA) is 23.5 Å².